The fourth-order valence-electron chi connectivity index (χ4n) is 3.26. The van der Waals surface area contributed by atoms with E-state index in [1.165, 1.54) is 11.3 Å². The van der Waals surface area contributed by atoms with E-state index in [0.717, 1.165) is 47.2 Å². The molecule has 0 spiro atoms. The smallest absolute Gasteiger partial charge is 0.348 e. The molecule has 1 fully saturated rings. The number of aryl methyl sites for hydroxylation is 2. The summed E-state index contributed by atoms with van der Waals surface area (Å²) in [5, 5.41) is 0.939. The van der Waals surface area contributed by atoms with Crippen LogP contribution in [-0.2, 0) is 4.74 Å². The molecule has 0 saturated heterocycles. The first kappa shape index (κ1) is 15.3. The average molecular weight is 342 g/mol. The third-order valence-corrected chi connectivity index (χ3v) is 5.64. The van der Waals surface area contributed by atoms with E-state index >= 15 is 0 Å². The molecule has 24 heavy (non-hydrogen) atoms. The van der Waals surface area contributed by atoms with Crippen LogP contribution < -0.4 is 0 Å². The van der Waals surface area contributed by atoms with Gasteiger partial charge >= 0.3 is 5.97 Å². The van der Waals surface area contributed by atoms with Crippen LogP contribution in [-0.4, -0.2) is 22.0 Å². The van der Waals surface area contributed by atoms with Gasteiger partial charge in [-0.1, -0.05) is 0 Å². The van der Waals surface area contributed by atoms with Gasteiger partial charge in [-0.05, 0) is 57.2 Å². The van der Waals surface area contributed by atoms with Crippen LogP contribution in [0.4, 0.5) is 0 Å². The van der Waals surface area contributed by atoms with Gasteiger partial charge in [0.1, 0.15) is 15.8 Å². The predicted molar refractivity (Wildman–Crippen MR) is 92.3 cm³/mol. The van der Waals surface area contributed by atoms with E-state index in [-0.39, 0.29) is 12.1 Å². The Morgan fingerprint density at radius 2 is 2.08 bits per heavy atom. The molecule has 124 valence electrons. The van der Waals surface area contributed by atoms with Crippen molar-refractivity contribution in [2.45, 2.75) is 45.6 Å². The van der Waals surface area contributed by atoms with Crippen molar-refractivity contribution in [3.63, 3.8) is 0 Å². The summed E-state index contributed by atoms with van der Waals surface area (Å²) >= 11 is 1.37. The molecule has 1 aliphatic carbocycles. The second-order valence-corrected chi connectivity index (χ2v) is 7.16. The number of fused-ring (bicyclic) bond motifs is 1. The molecule has 0 amide bonds. The normalized spacial score (nSPS) is 15.2. The Kier molecular flexibility index (Phi) is 3.84. The molecule has 1 aliphatic rings. The largest absolute Gasteiger partial charge is 0.461 e. The molecule has 3 aromatic rings. The molecule has 0 N–H and O–H groups in total. The summed E-state index contributed by atoms with van der Waals surface area (Å²) in [5.41, 5.74) is 1.75. The number of carbonyl (C=O) groups excluding carboxylic acids is 1. The Bertz CT molecular complexity index is 893. The lowest BCUT2D eigenvalue weighted by atomic mass is 10.1. The number of hydrogen-bond donors (Lipinski definition) is 0. The second kappa shape index (κ2) is 6.02. The van der Waals surface area contributed by atoms with Crippen molar-refractivity contribution in [2.24, 2.45) is 0 Å². The van der Waals surface area contributed by atoms with Crippen molar-refractivity contribution in [3.05, 3.63) is 34.5 Å². The van der Waals surface area contributed by atoms with Gasteiger partial charge in [0.25, 0.3) is 0 Å². The SMILES string of the molecule is Cc1nc(-c2ccco2)nc2sc(C(=O)OC3CCCC3)c(C)c12. The van der Waals surface area contributed by atoms with E-state index in [1.54, 1.807) is 6.26 Å². The summed E-state index contributed by atoms with van der Waals surface area (Å²) in [5.74, 6) is 0.935. The van der Waals surface area contributed by atoms with E-state index < -0.39 is 0 Å². The molecule has 3 aromatic heterocycles. The van der Waals surface area contributed by atoms with Gasteiger partial charge in [-0.2, -0.15) is 0 Å². The number of furan rings is 1. The zero-order valence-corrected chi connectivity index (χ0v) is 14.5. The lowest BCUT2D eigenvalue weighted by Gasteiger charge is -2.10. The van der Waals surface area contributed by atoms with Gasteiger partial charge in [0.2, 0.25) is 0 Å². The van der Waals surface area contributed by atoms with Crippen molar-refractivity contribution in [1.29, 1.82) is 0 Å². The maximum atomic E-state index is 12.5. The van der Waals surface area contributed by atoms with Crippen LogP contribution in [0, 0.1) is 13.8 Å². The molecule has 0 aromatic carbocycles. The van der Waals surface area contributed by atoms with Gasteiger partial charge in [-0.3, -0.25) is 0 Å². The molecule has 0 unspecified atom stereocenters. The lowest BCUT2D eigenvalue weighted by Crippen LogP contribution is -2.14. The van der Waals surface area contributed by atoms with Crippen molar-refractivity contribution >= 4 is 27.5 Å². The van der Waals surface area contributed by atoms with E-state index in [0.29, 0.717) is 16.5 Å². The molecular formula is C18H18N2O3S. The standard InChI is InChI=1S/C18H18N2O3S/c1-10-14-11(2)19-16(13-8-5-9-22-13)20-17(14)24-15(10)18(21)23-12-6-3-4-7-12/h5,8-9,12H,3-4,6-7H2,1-2H3. The monoisotopic (exact) mass is 342 g/mol. The van der Waals surface area contributed by atoms with Crippen molar-refractivity contribution < 1.29 is 13.9 Å². The molecule has 0 atom stereocenters. The fraction of sp³-hybridized carbons (Fsp3) is 0.389. The minimum Gasteiger partial charge on any atom is -0.461 e. The molecule has 1 saturated carbocycles. The maximum Gasteiger partial charge on any atom is 0.348 e. The second-order valence-electron chi connectivity index (χ2n) is 6.16. The third kappa shape index (κ3) is 2.60. The summed E-state index contributed by atoms with van der Waals surface area (Å²) in [6.07, 6.45) is 5.88. The van der Waals surface area contributed by atoms with Gasteiger partial charge in [0, 0.05) is 5.39 Å². The molecule has 0 radical (unpaired) electrons. The number of hydrogen-bond acceptors (Lipinski definition) is 6. The maximum absolute atomic E-state index is 12.5. The Labute approximate surface area is 143 Å². The Morgan fingerprint density at radius 1 is 1.29 bits per heavy atom. The van der Waals surface area contributed by atoms with Gasteiger partial charge in [-0.25, -0.2) is 14.8 Å². The average Bonchev–Trinajstić information content (AvgIpc) is 3.28. The quantitative estimate of drug-likeness (QED) is 0.647. The van der Waals surface area contributed by atoms with Gasteiger partial charge in [-0.15, -0.1) is 11.3 Å². The van der Waals surface area contributed by atoms with E-state index in [1.807, 2.05) is 26.0 Å². The zero-order chi connectivity index (χ0) is 16.7. The highest BCUT2D eigenvalue weighted by Crippen LogP contribution is 2.34. The van der Waals surface area contributed by atoms with Crippen molar-refractivity contribution in [2.75, 3.05) is 0 Å². The van der Waals surface area contributed by atoms with E-state index in [9.17, 15) is 4.79 Å². The summed E-state index contributed by atoms with van der Waals surface area (Å²) in [6.45, 7) is 3.87. The van der Waals surface area contributed by atoms with Gasteiger partial charge in [0.05, 0.1) is 12.0 Å². The first-order chi connectivity index (χ1) is 11.6. The van der Waals surface area contributed by atoms with Crippen molar-refractivity contribution in [3.8, 4) is 11.6 Å². The number of esters is 1. The third-order valence-electron chi connectivity index (χ3n) is 4.47. The topological polar surface area (TPSA) is 65.2 Å². The van der Waals surface area contributed by atoms with Crippen LogP contribution in [0.25, 0.3) is 21.8 Å². The zero-order valence-electron chi connectivity index (χ0n) is 13.7. The lowest BCUT2D eigenvalue weighted by molar-refractivity contribution is 0.0323. The first-order valence-electron chi connectivity index (χ1n) is 8.16. The molecule has 6 heteroatoms. The van der Waals surface area contributed by atoms with Crippen LogP contribution in [0.1, 0.15) is 46.6 Å². The van der Waals surface area contributed by atoms with Gasteiger partial charge in [0.15, 0.2) is 11.6 Å². The van der Waals surface area contributed by atoms with Crippen molar-refractivity contribution in [1.82, 2.24) is 9.97 Å². The number of nitrogens with zero attached hydrogens (tertiary/aromatic N) is 2. The highest BCUT2D eigenvalue weighted by Gasteiger charge is 2.25. The number of thiophene rings is 1. The number of aromatic nitrogens is 2. The highest BCUT2D eigenvalue weighted by atomic mass is 32.1. The van der Waals surface area contributed by atoms with Crippen LogP contribution >= 0.6 is 11.3 Å². The Balaban J connectivity index is 1.73. The van der Waals surface area contributed by atoms with Gasteiger partial charge < -0.3 is 9.15 Å². The molecule has 0 bridgehead atoms. The highest BCUT2D eigenvalue weighted by molar-refractivity contribution is 7.20. The molecule has 3 heterocycles. The molecular weight excluding hydrogens is 324 g/mol. The van der Waals surface area contributed by atoms with Crippen LogP contribution in [0.5, 0.6) is 0 Å². The fourth-order valence-corrected chi connectivity index (χ4v) is 4.38. The van der Waals surface area contributed by atoms with E-state index in [2.05, 4.69) is 9.97 Å². The number of carbonyl (C=O) groups is 1. The summed E-state index contributed by atoms with van der Waals surface area (Å²) in [6, 6.07) is 3.64. The summed E-state index contributed by atoms with van der Waals surface area (Å²) in [4.78, 5) is 23.1. The molecule has 0 aliphatic heterocycles. The number of rotatable bonds is 3. The Morgan fingerprint density at radius 3 is 2.79 bits per heavy atom. The summed E-state index contributed by atoms with van der Waals surface area (Å²) < 4.78 is 11.0. The van der Waals surface area contributed by atoms with E-state index in [4.69, 9.17) is 9.15 Å². The molecule has 5 nitrogen and oxygen atoms in total. The van der Waals surface area contributed by atoms with Crippen LogP contribution in [0.2, 0.25) is 0 Å². The number of ether oxygens (including phenoxy) is 1. The summed E-state index contributed by atoms with van der Waals surface area (Å²) in [7, 11) is 0. The minimum atomic E-state index is -0.235. The minimum absolute atomic E-state index is 0.0629. The molecule has 4 rings (SSSR count). The predicted octanol–water partition coefficient (Wildman–Crippen LogP) is 4.67. The Hall–Kier alpha value is -2.21. The van der Waals surface area contributed by atoms with Crippen LogP contribution in [0.3, 0.4) is 0 Å². The first-order valence-corrected chi connectivity index (χ1v) is 8.97. The van der Waals surface area contributed by atoms with Crippen LogP contribution in [0.15, 0.2) is 22.8 Å².